The van der Waals surface area contributed by atoms with E-state index in [1.165, 1.54) is 22.5 Å². The van der Waals surface area contributed by atoms with Crippen molar-refractivity contribution in [2.24, 2.45) is 0 Å². The van der Waals surface area contributed by atoms with Gasteiger partial charge in [-0.05, 0) is 31.0 Å². The van der Waals surface area contributed by atoms with Crippen LogP contribution in [-0.4, -0.2) is 25.8 Å². The number of sulfonamides is 1. The molecule has 1 aromatic rings. The second-order valence-electron chi connectivity index (χ2n) is 4.42. The molecule has 0 radical (unpaired) electrons. The van der Waals surface area contributed by atoms with E-state index in [1.807, 2.05) is 0 Å². The quantitative estimate of drug-likeness (QED) is 0.838. The average molecular weight is 308 g/mol. The fraction of sp³-hybridized carbons (Fsp3) is 0.500. The molecule has 3 nitrogen and oxygen atoms in total. The molecular formula is C12H15Cl2NO2S. The number of benzene rings is 1. The molecule has 1 aromatic carbocycles. The van der Waals surface area contributed by atoms with Gasteiger partial charge < -0.3 is 0 Å². The van der Waals surface area contributed by atoms with Gasteiger partial charge in [-0.1, -0.05) is 36.0 Å². The van der Waals surface area contributed by atoms with Gasteiger partial charge in [0.2, 0.25) is 10.0 Å². The van der Waals surface area contributed by atoms with Crippen molar-refractivity contribution in [3.63, 3.8) is 0 Å². The predicted molar refractivity (Wildman–Crippen MR) is 73.7 cm³/mol. The van der Waals surface area contributed by atoms with Gasteiger partial charge in [-0.2, -0.15) is 4.31 Å². The lowest BCUT2D eigenvalue weighted by atomic mass is 10.2. The lowest BCUT2D eigenvalue weighted by molar-refractivity contribution is 0.424. The summed E-state index contributed by atoms with van der Waals surface area (Å²) in [6.45, 7) is 1.15. The van der Waals surface area contributed by atoms with Crippen LogP contribution in [-0.2, 0) is 10.0 Å². The molecule has 0 aromatic heterocycles. The van der Waals surface area contributed by atoms with Crippen LogP contribution in [0.2, 0.25) is 10.0 Å². The monoisotopic (exact) mass is 307 g/mol. The van der Waals surface area contributed by atoms with Crippen molar-refractivity contribution >= 4 is 33.2 Å². The normalized spacial score (nSPS) is 18.6. The van der Waals surface area contributed by atoms with Gasteiger partial charge in [0.25, 0.3) is 0 Å². The minimum atomic E-state index is -3.47. The second kappa shape index (κ2) is 5.78. The highest BCUT2D eigenvalue weighted by Gasteiger charge is 2.25. The Morgan fingerprint density at radius 3 is 1.89 bits per heavy atom. The maximum atomic E-state index is 12.5. The summed E-state index contributed by atoms with van der Waals surface area (Å²) < 4.78 is 26.4. The van der Waals surface area contributed by atoms with Gasteiger partial charge >= 0.3 is 0 Å². The number of halogens is 2. The van der Waals surface area contributed by atoms with Crippen molar-refractivity contribution in [1.82, 2.24) is 4.31 Å². The maximum absolute atomic E-state index is 12.5. The second-order valence-corrected chi connectivity index (χ2v) is 7.23. The number of nitrogens with zero attached hydrogens (tertiary/aromatic N) is 1. The molecule has 0 N–H and O–H groups in total. The first kappa shape index (κ1) is 14.1. The first-order valence-corrected chi connectivity index (χ1v) is 8.16. The van der Waals surface area contributed by atoms with Crippen molar-refractivity contribution in [2.45, 2.75) is 30.6 Å². The average Bonchev–Trinajstić information content (AvgIpc) is 2.56. The van der Waals surface area contributed by atoms with Crippen LogP contribution in [0.25, 0.3) is 0 Å². The van der Waals surface area contributed by atoms with E-state index in [-0.39, 0.29) is 4.90 Å². The van der Waals surface area contributed by atoms with E-state index < -0.39 is 10.0 Å². The van der Waals surface area contributed by atoms with E-state index in [2.05, 4.69) is 0 Å². The highest BCUT2D eigenvalue weighted by molar-refractivity contribution is 7.89. The summed E-state index contributed by atoms with van der Waals surface area (Å²) in [4.78, 5) is 0.182. The molecule has 2 rings (SSSR count). The van der Waals surface area contributed by atoms with E-state index in [9.17, 15) is 8.42 Å². The summed E-state index contributed by atoms with van der Waals surface area (Å²) in [5, 5.41) is 0.687. The molecule has 0 aliphatic carbocycles. The molecule has 0 unspecified atom stereocenters. The molecule has 1 fully saturated rings. The number of hydrogen-bond donors (Lipinski definition) is 0. The zero-order valence-corrected chi connectivity index (χ0v) is 12.2. The third-order valence-corrected chi connectivity index (χ3v) is 5.35. The Labute approximate surface area is 118 Å². The third-order valence-electron chi connectivity index (χ3n) is 3.04. The van der Waals surface area contributed by atoms with Crippen LogP contribution in [0.15, 0.2) is 23.1 Å². The highest BCUT2D eigenvalue weighted by Crippen LogP contribution is 2.26. The van der Waals surface area contributed by atoms with Gasteiger partial charge in [-0.3, -0.25) is 0 Å². The Morgan fingerprint density at radius 1 is 0.889 bits per heavy atom. The smallest absolute Gasteiger partial charge is 0.207 e. The predicted octanol–water partition coefficient (Wildman–Crippen LogP) is 3.56. The van der Waals surface area contributed by atoms with E-state index >= 15 is 0 Å². The zero-order chi connectivity index (χ0) is 13.2. The van der Waals surface area contributed by atoms with Gasteiger partial charge in [0.1, 0.15) is 0 Å². The molecule has 0 bridgehead atoms. The van der Waals surface area contributed by atoms with Crippen molar-refractivity contribution < 1.29 is 8.42 Å². The summed E-state index contributed by atoms with van der Waals surface area (Å²) in [7, 11) is -3.47. The topological polar surface area (TPSA) is 37.4 Å². The minimum Gasteiger partial charge on any atom is -0.207 e. The Kier molecular flexibility index (Phi) is 4.54. The summed E-state index contributed by atoms with van der Waals surface area (Å²) >= 11 is 11.7. The zero-order valence-electron chi connectivity index (χ0n) is 9.90. The van der Waals surface area contributed by atoms with Crippen molar-refractivity contribution in [3.05, 3.63) is 28.2 Å². The summed E-state index contributed by atoms with van der Waals surface area (Å²) in [6.07, 6.45) is 3.99. The summed E-state index contributed by atoms with van der Waals surface area (Å²) in [5.74, 6) is 0. The van der Waals surface area contributed by atoms with Crippen LogP contribution in [0.4, 0.5) is 0 Å². The molecule has 0 saturated carbocycles. The van der Waals surface area contributed by atoms with E-state index in [0.717, 1.165) is 25.7 Å². The molecule has 0 atom stereocenters. The third kappa shape index (κ3) is 3.18. The molecule has 1 heterocycles. The fourth-order valence-corrected chi connectivity index (χ4v) is 4.35. The van der Waals surface area contributed by atoms with Crippen LogP contribution in [0.3, 0.4) is 0 Å². The Balaban J connectivity index is 2.34. The van der Waals surface area contributed by atoms with E-state index in [0.29, 0.717) is 23.1 Å². The van der Waals surface area contributed by atoms with Crippen LogP contribution in [0.1, 0.15) is 25.7 Å². The van der Waals surface area contributed by atoms with Crippen molar-refractivity contribution in [3.8, 4) is 0 Å². The molecular weight excluding hydrogens is 293 g/mol. The summed E-state index contributed by atoms with van der Waals surface area (Å²) in [6, 6.07) is 4.44. The molecule has 1 saturated heterocycles. The fourth-order valence-electron chi connectivity index (χ4n) is 2.11. The largest absolute Gasteiger partial charge is 0.243 e. The van der Waals surface area contributed by atoms with Crippen LogP contribution in [0.5, 0.6) is 0 Å². The number of rotatable bonds is 2. The standard InChI is InChI=1S/C12H15Cl2NO2S/c13-10-7-11(14)9-12(8-10)18(16,17)15-5-3-1-2-4-6-15/h7-9H,1-6H2. The highest BCUT2D eigenvalue weighted by atomic mass is 35.5. The molecule has 18 heavy (non-hydrogen) atoms. The first-order chi connectivity index (χ1) is 8.50. The first-order valence-electron chi connectivity index (χ1n) is 5.96. The van der Waals surface area contributed by atoms with Crippen LogP contribution >= 0.6 is 23.2 Å². The van der Waals surface area contributed by atoms with Crippen molar-refractivity contribution in [2.75, 3.05) is 13.1 Å². The minimum absolute atomic E-state index is 0.182. The Morgan fingerprint density at radius 2 is 1.39 bits per heavy atom. The van der Waals surface area contributed by atoms with Crippen LogP contribution in [0, 0.1) is 0 Å². The SMILES string of the molecule is O=S(=O)(c1cc(Cl)cc(Cl)c1)N1CCCCCC1. The number of hydrogen-bond acceptors (Lipinski definition) is 2. The molecule has 0 amide bonds. The summed E-state index contributed by atoms with van der Waals surface area (Å²) in [5.41, 5.74) is 0. The lowest BCUT2D eigenvalue weighted by Crippen LogP contribution is -2.31. The molecule has 1 aliphatic rings. The Hall–Kier alpha value is -0.290. The van der Waals surface area contributed by atoms with Gasteiger partial charge in [0.15, 0.2) is 0 Å². The van der Waals surface area contributed by atoms with E-state index in [4.69, 9.17) is 23.2 Å². The van der Waals surface area contributed by atoms with Gasteiger partial charge in [0.05, 0.1) is 4.90 Å². The van der Waals surface area contributed by atoms with Crippen LogP contribution < -0.4 is 0 Å². The lowest BCUT2D eigenvalue weighted by Gasteiger charge is -2.20. The van der Waals surface area contributed by atoms with Gasteiger partial charge in [-0.15, -0.1) is 0 Å². The van der Waals surface area contributed by atoms with Crippen molar-refractivity contribution in [1.29, 1.82) is 0 Å². The molecule has 100 valence electrons. The molecule has 0 spiro atoms. The van der Waals surface area contributed by atoms with E-state index in [1.54, 1.807) is 0 Å². The maximum Gasteiger partial charge on any atom is 0.243 e. The Bertz CT molecular complexity index is 503. The molecule has 1 aliphatic heterocycles. The molecule has 6 heteroatoms. The van der Waals surface area contributed by atoms with Gasteiger partial charge in [0, 0.05) is 23.1 Å². The van der Waals surface area contributed by atoms with Gasteiger partial charge in [-0.25, -0.2) is 8.42 Å².